The highest BCUT2D eigenvalue weighted by atomic mass is 16.5. The van der Waals surface area contributed by atoms with Gasteiger partial charge in [-0.15, -0.1) is 0 Å². The number of alkyl carbamates (subject to hydrolysis) is 1. The molecular weight excluding hydrogens is 396 g/mol. The van der Waals surface area contributed by atoms with Crippen molar-refractivity contribution in [1.29, 1.82) is 0 Å². The molecule has 2 amide bonds. The van der Waals surface area contributed by atoms with Crippen molar-refractivity contribution >= 4 is 18.0 Å². The molecule has 0 saturated heterocycles. The number of fused-ring (bicyclic) bond motifs is 3. The van der Waals surface area contributed by atoms with E-state index in [1.54, 1.807) is 6.92 Å². The Balaban J connectivity index is 1.40. The SMILES string of the molecule is CCN(CCC(=O)O)C(=O)C1(NC(=O)OCC2c3ccccc3-c3ccccc32)CC1. The van der Waals surface area contributed by atoms with Gasteiger partial charge in [0.15, 0.2) is 0 Å². The predicted octanol–water partition coefficient (Wildman–Crippen LogP) is 3.38. The predicted molar refractivity (Wildman–Crippen MR) is 115 cm³/mol. The molecule has 2 N–H and O–H groups in total. The van der Waals surface area contributed by atoms with E-state index in [0.717, 1.165) is 22.3 Å². The van der Waals surface area contributed by atoms with Crippen molar-refractivity contribution in [3.8, 4) is 11.1 Å². The van der Waals surface area contributed by atoms with Crippen LogP contribution < -0.4 is 5.32 Å². The van der Waals surface area contributed by atoms with E-state index >= 15 is 0 Å². The van der Waals surface area contributed by atoms with Gasteiger partial charge in [-0.2, -0.15) is 0 Å². The Bertz CT molecular complexity index is 969. The number of carboxylic acid groups (broad SMARTS) is 1. The van der Waals surface area contributed by atoms with Gasteiger partial charge in [-0.3, -0.25) is 9.59 Å². The number of hydrogen-bond acceptors (Lipinski definition) is 4. The molecule has 1 saturated carbocycles. The minimum Gasteiger partial charge on any atom is -0.481 e. The molecule has 2 aliphatic rings. The summed E-state index contributed by atoms with van der Waals surface area (Å²) in [7, 11) is 0. The second-order valence-corrected chi connectivity index (χ2v) is 8.06. The van der Waals surface area contributed by atoms with Gasteiger partial charge in [-0.1, -0.05) is 48.5 Å². The summed E-state index contributed by atoms with van der Waals surface area (Å²) in [4.78, 5) is 37.7. The van der Waals surface area contributed by atoms with Crippen LogP contribution >= 0.6 is 0 Å². The number of carbonyl (C=O) groups is 3. The molecule has 2 aromatic rings. The van der Waals surface area contributed by atoms with Crippen molar-refractivity contribution in [2.75, 3.05) is 19.7 Å². The van der Waals surface area contributed by atoms with Gasteiger partial charge in [-0.05, 0) is 42.0 Å². The smallest absolute Gasteiger partial charge is 0.408 e. The first-order valence-electron chi connectivity index (χ1n) is 10.6. The summed E-state index contributed by atoms with van der Waals surface area (Å²) in [6, 6.07) is 16.2. The van der Waals surface area contributed by atoms with Gasteiger partial charge < -0.3 is 20.1 Å². The molecule has 0 spiro atoms. The van der Waals surface area contributed by atoms with Crippen molar-refractivity contribution in [3.05, 3.63) is 59.7 Å². The van der Waals surface area contributed by atoms with Crippen LogP contribution in [0.4, 0.5) is 4.79 Å². The van der Waals surface area contributed by atoms with Gasteiger partial charge in [0.25, 0.3) is 0 Å². The largest absolute Gasteiger partial charge is 0.481 e. The molecule has 162 valence electrons. The van der Waals surface area contributed by atoms with Gasteiger partial charge in [0.05, 0.1) is 6.42 Å². The monoisotopic (exact) mass is 422 g/mol. The molecule has 7 nitrogen and oxygen atoms in total. The lowest BCUT2D eigenvalue weighted by molar-refractivity contribution is -0.139. The number of rotatable bonds is 8. The first kappa shape index (κ1) is 20.9. The average molecular weight is 422 g/mol. The van der Waals surface area contributed by atoms with Crippen molar-refractivity contribution < 1.29 is 24.2 Å². The zero-order valence-corrected chi connectivity index (χ0v) is 17.5. The highest BCUT2D eigenvalue weighted by Crippen LogP contribution is 2.44. The third-order valence-electron chi connectivity index (χ3n) is 6.11. The minimum absolute atomic E-state index is 0.0493. The fourth-order valence-corrected chi connectivity index (χ4v) is 4.28. The Morgan fingerprint density at radius 2 is 1.65 bits per heavy atom. The molecule has 0 aromatic heterocycles. The van der Waals surface area contributed by atoms with Crippen LogP contribution in [0.15, 0.2) is 48.5 Å². The fourth-order valence-electron chi connectivity index (χ4n) is 4.28. The van der Waals surface area contributed by atoms with Gasteiger partial charge in [0.1, 0.15) is 12.1 Å². The molecule has 2 aliphatic carbocycles. The third-order valence-corrected chi connectivity index (χ3v) is 6.11. The molecular formula is C24H26N2O5. The van der Waals surface area contributed by atoms with Crippen LogP contribution in [-0.4, -0.2) is 53.2 Å². The van der Waals surface area contributed by atoms with E-state index in [4.69, 9.17) is 9.84 Å². The van der Waals surface area contributed by atoms with Crippen molar-refractivity contribution in [2.45, 2.75) is 37.6 Å². The summed E-state index contributed by atoms with van der Waals surface area (Å²) in [5.74, 6) is -1.25. The van der Waals surface area contributed by atoms with E-state index in [1.807, 2.05) is 24.3 Å². The zero-order valence-electron chi connectivity index (χ0n) is 17.5. The molecule has 0 aliphatic heterocycles. The summed E-state index contributed by atoms with van der Waals surface area (Å²) in [5.41, 5.74) is 3.58. The Morgan fingerprint density at radius 1 is 1.06 bits per heavy atom. The Morgan fingerprint density at radius 3 is 2.16 bits per heavy atom. The molecule has 2 aromatic carbocycles. The van der Waals surface area contributed by atoms with E-state index in [1.165, 1.54) is 4.90 Å². The van der Waals surface area contributed by atoms with E-state index in [-0.39, 0.29) is 31.4 Å². The number of aliphatic carboxylic acids is 1. The fraction of sp³-hybridized carbons (Fsp3) is 0.375. The molecule has 4 rings (SSSR count). The van der Waals surface area contributed by atoms with E-state index in [2.05, 4.69) is 29.6 Å². The number of benzene rings is 2. The quantitative estimate of drug-likeness (QED) is 0.680. The normalized spacial score (nSPS) is 15.5. The van der Waals surface area contributed by atoms with Crippen LogP contribution in [0.2, 0.25) is 0 Å². The highest BCUT2D eigenvalue weighted by molar-refractivity contribution is 5.93. The zero-order chi connectivity index (χ0) is 22.0. The maximum atomic E-state index is 12.9. The summed E-state index contributed by atoms with van der Waals surface area (Å²) >= 11 is 0. The lowest BCUT2D eigenvalue weighted by atomic mass is 9.98. The topological polar surface area (TPSA) is 95.9 Å². The number of nitrogens with zero attached hydrogens (tertiary/aromatic N) is 1. The minimum atomic E-state index is -0.975. The van der Waals surface area contributed by atoms with Crippen LogP contribution in [0, 0.1) is 0 Å². The average Bonchev–Trinajstić information content (AvgIpc) is 3.48. The first-order chi connectivity index (χ1) is 14.9. The van der Waals surface area contributed by atoms with E-state index in [0.29, 0.717) is 19.4 Å². The van der Waals surface area contributed by atoms with E-state index in [9.17, 15) is 14.4 Å². The number of carboxylic acids is 1. The van der Waals surface area contributed by atoms with Crippen molar-refractivity contribution in [3.63, 3.8) is 0 Å². The number of carbonyl (C=O) groups excluding carboxylic acids is 2. The lowest BCUT2D eigenvalue weighted by Gasteiger charge is -2.26. The molecule has 31 heavy (non-hydrogen) atoms. The Labute approximate surface area is 181 Å². The lowest BCUT2D eigenvalue weighted by Crippen LogP contribution is -2.51. The maximum absolute atomic E-state index is 12.9. The van der Waals surface area contributed by atoms with Crippen LogP contribution in [0.5, 0.6) is 0 Å². The third kappa shape index (κ3) is 4.13. The number of amides is 2. The van der Waals surface area contributed by atoms with Gasteiger partial charge in [0.2, 0.25) is 5.91 Å². The van der Waals surface area contributed by atoms with Gasteiger partial charge in [-0.25, -0.2) is 4.79 Å². The number of nitrogens with one attached hydrogen (secondary N) is 1. The second kappa shape index (κ2) is 8.41. The second-order valence-electron chi connectivity index (χ2n) is 8.06. The summed E-state index contributed by atoms with van der Waals surface area (Å²) in [5, 5.41) is 11.6. The highest BCUT2D eigenvalue weighted by Gasteiger charge is 2.53. The number of hydrogen-bond donors (Lipinski definition) is 2. The van der Waals surface area contributed by atoms with Crippen molar-refractivity contribution in [1.82, 2.24) is 10.2 Å². The number of ether oxygens (including phenoxy) is 1. The van der Waals surface area contributed by atoms with Crippen LogP contribution in [0.1, 0.15) is 43.2 Å². The molecule has 0 unspecified atom stereocenters. The van der Waals surface area contributed by atoms with Crippen LogP contribution in [-0.2, 0) is 14.3 Å². The molecule has 0 heterocycles. The Kier molecular flexibility index (Phi) is 5.67. The standard InChI is InChI=1S/C24H26N2O5/c1-2-26(14-11-21(27)28)22(29)24(12-13-24)25-23(30)31-15-20-18-9-5-3-7-16(18)17-8-4-6-10-19(17)20/h3-10,20H,2,11-15H2,1H3,(H,25,30)(H,27,28). The van der Waals surface area contributed by atoms with Crippen molar-refractivity contribution in [2.24, 2.45) is 0 Å². The molecule has 0 bridgehead atoms. The summed E-state index contributed by atoms with van der Waals surface area (Å²) in [6.07, 6.45) is 0.307. The van der Waals surface area contributed by atoms with Gasteiger partial charge in [0, 0.05) is 19.0 Å². The molecule has 0 radical (unpaired) electrons. The molecule has 1 fully saturated rings. The van der Waals surface area contributed by atoms with Gasteiger partial charge >= 0.3 is 12.1 Å². The number of likely N-dealkylation sites (N-methyl/N-ethyl adjacent to an activating group) is 1. The maximum Gasteiger partial charge on any atom is 0.408 e. The van der Waals surface area contributed by atoms with E-state index < -0.39 is 17.6 Å². The molecule has 7 heteroatoms. The summed E-state index contributed by atoms with van der Waals surface area (Å²) in [6.45, 7) is 2.49. The first-order valence-corrected chi connectivity index (χ1v) is 10.6. The van der Waals surface area contributed by atoms with Crippen LogP contribution in [0.3, 0.4) is 0 Å². The molecule has 0 atom stereocenters. The van der Waals surface area contributed by atoms with Crippen LogP contribution in [0.25, 0.3) is 11.1 Å². The Hall–Kier alpha value is -3.35. The summed E-state index contributed by atoms with van der Waals surface area (Å²) < 4.78 is 5.56.